The Morgan fingerprint density at radius 2 is 1.76 bits per heavy atom. The number of hydrogen-bond donors (Lipinski definition) is 0. The lowest BCUT2D eigenvalue weighted by Crippen LogP contribution is -2.20. The number of ether oxygens (including phenoxy) is 3. The van der Waals surface area contributed by atoms with E-state index < -0.39 is 0 Å². The van der Waals surface area contributed by atoms with Gasteiger partial charge < -0.3 is 18.6 Å². The number of carbonyl (C=O) groups is 1. The third kappa shape index (κ3) is 5.17. The van der Waals surface area contributed by atoms with Crippen LogP contribution in [0.15, 0.2) is 89.7 Å². The topological polar surface area (TPSA) is 88.1 Å². The summed E-state index contributed by atoms with van der Waals surface area (Å²) < 4.78 is 24.4. The van der Waals surface area contributed by atoms with Gasteiger partial charge in [-0.25, -0.2) is 9.97 Å². The predicted octanol–water partition coefficient (Wildman–Crippen LogP) is 5.09. The Balaban J connectivity index is 1.41. The van der Waals surface area contributed by atoms with Gasteiger partial charge in [-0.2, -0.15) is 0 Å². The van der Waals surface area contributed by atoms with Crippen LogP contribution >= 0.6 is 0 Å². The summed E-state index contributed by atoms with van der Waals surface area (Å²) in [5.41, 5.74) is 5.05. The van der Waals surface area contributed by atoms with Gasteiger partial charge in [-0.15, -0.1) is 0 Å². The fourth-order valence-electron chi connectivity index (χ4n) is 4.62. The average molecular weight is 510 g/mol. The van der Waals surface area contributed by atoms with Crippen molar-refractivity contribution in [1.29, 1.82) is 0 Å². The largest absolute Gasteiger partial charge is 0.469 e. The number of aromatic nitrogens is 3. The van der Waals surface area contributed by atoms with E-state index in [0.29, 0.717) is 49.7 Å². The van der Waals surface area contributed by atoms with Crippen LogP contribution in [-0.2, 0) is 27.1 Å². The molecule has 8 heteroatoms. The minimum atomic E-state index is -0.319. The maximum absolute atomic E-state index is 12.4. The van der Waals surface area contributed by atoms with Crippen LogP contribution in [0.2, 0.25) is 0 Å². The van der Waals surface area contributed by atoms with Crippen molar-refractivity contribution >= 4 is 11.6 Å². The van der Waals surface area contributed by atoms with Gasteiger partial charge in [0.05, 0.1) is 36.6 Å². The lowest BCUT2D eigenvalue weighted by molar-refractivity contribution is -0.155. The van der Waals surface area contributed by atoms with E-state index in [4.69, 9.17) is 28.6 Å². The van der Waals surface area contributed by atoms with E-state index in [9.17, 15) is 4.79 Å². The summed E-state index contributed by atoms with van der Waals surface area (Å²) in [4.78, 5) is 22.4. The molecule has 3 aromatic heterocycles. The van der Waals surface area contributed by atoms with E-state index in [0.717, 1.165) is 28.3 Å². The highest BCUT2D eigenvalue weighted by atomic mass is 16.7. The zero-order valence-corrected chi connectivity index (χ0v) is 20.8. The lowest BCUT2D eigenvalue weighted by Gasteiger charge is -2.12. The number of fused-ring (bicyclic) bond motifs is 1. The van der Waals surface area contributed by atoms with Gasteiger partial charge >= 0.3 is 5.97 Å². The molecule has 1 aliphatic heterocycles. The molecule has 0 radical (unpaired) electrons. The van der Waals surface area contributed by atoms with Gasteiger partial charge in [-0.3, -0.25) is 9.20 Å². The molecule has 2 aromatic carbocycles. The summed E-state index contributed by atoms with van der Waals surface area (Å²) in [6, 6.07) is 23.9. The molecule has 1 atom stereocenters. The molecule has 192 valence electrons. The third-order valence-electron chi connectivity index (χ3n) is 6.57. The van der Waals surface area contributed by atoms with Crippen LogP contribution in [-0.4, -0.2) is 40.3 Å². The fourth-order valence-corrected chi connectivity index (χ4v) is 4.62. The molecular formula is C30H27N3O5. The van der Waals surface area contributed by atoms with E-state index in [1.165, 1.54) is 0 Å². The van der Waals surface area contributed by atoms with Crippen LogP contribution in [0.4, 0.5) is 0 Å². The first-order valence-electron chi connectivity index (χ1n) is 12.6. The Morgan fingerprint density at radius 1 is 0.947 bits per heavy atom. The number of esters is 1. The molecule has 0 spiro atoms. The number of nitrogens with zero attached hydrogens (tertiary/aromatic N) is 3. The molecule has 0 N–H and O–H groups in total. The number of furan rings is 1. The molecule has 0 aliphatic carbocycles. The monoisotopic (exact) mass is 509 g/mol. The summed E-state index contributed by atoms with van der Waals surface area (Å²) in [5.74, 6) is 0.662. The molecule has 0 amide bonds. The average Bonchev–Trinajstić information content (AvgIpc) is 3.73. The molecule has 5 aromatic rings. The first kappa shape index (κ1) is 23.9. The minimum Gasteiger partial charge on any atom is -0.469 e. The standard InChI is InChI=1S/C30H27N3O5/c34-30(23-13-15-35-19-23)38-20-37-29-26(17-24-12-7-14-36-24)32-28-25(16-21-8-3-1-4-9-21)31-27(18-33(28)29)22-10-5-2-6-11-22/h1-12,14,18,23H,13,15-17,19-20H2. The van der Waals surface area contributed by atoms with Crippen LogP contribution in [0.5, 0.6) is 5.88 Å². The number of hydrogen-bond acceptors (Lipinski definition) is 7. The van der Waals surface area contributed by atoms with Crippen molar-refractivity contribution in [3.63, 3.8) is 0 Å². The number of benzene rings is 2. The van der Waals surface area contributed by atoms with E-state index in [-0.39, 0.29) is 18.7 Å². The van der Waals surface area contributed by atoms with Gasteiger partial charge in [0.25, 0.3) is 0 Å². The third-order valence-corrected chi connectivity index (χ3v) is 6.57. The Bertz CT molecular complexity index is 1510. The van der Waals surface area contributed by atoms with Gasteiger partial charge in [0.15, 0.2) is 5.65 Å². The Morgan fingerprint density at radius 3 is 2.50 bits per heavy atom. The summed E-state index contributed by atoms with van der Waals surface area (Å²) in [5, 5.41) is 0. The van der Waals surface area contributed by atoms with Crippen LogP contribution < -0.4 is 4.74 Å². The molecule has 1 fully saturated rings. The van der Waals surface area contributed by atoms with Crippen molar-refractivity contribution < 1.29 is 23.4 Å². The van der Waals surface area contributed by atoms with Crippen molar-refractivity contribution in [2.24, 2.45) is 5.92 Å². The van der Waals surface area contributed by atoms with Crippen molar-refractivity contribution in [3.8, 4) is 17.1 Å². The van der Waals surface area contributed by atoms with E-state index in [2.05, 4.69) is 12.1 Å². The molecular weight excluding hydrogens is 482 g/mol. The maximum Gasteiger partial charge on any atom is 0.314 e. The first-order chi connectivity index (χ1) is 18.7. The second-order valence-electron chi connectivity index (χ2n) is 9.20. The first-order valence-corrected chi connectivity index (χ1v) is 12.6. The Labute approximate surface area is 219 Å². The SMILES string of the molecule is O=C(OCOc1c(Cc2ccco2)nc2c(Cc3ccccc3)nc(-c3ccccc3)cn12)C1CCOC1. The molecule has 4 heterocycles. The summed E-state index contributed by atoms with van der Waals surface area (Å²) in [6.45, 7) is 0.721. The van der Waals surface area contributed by atoms with Crippen LogP contribution in [0.1, 0.15) is 29.1 Å². The van der Waals surface area contributed by atoms with E-state index >= 15 is 0 Å². The molecule has 1 aliphatic rings. The zero-order chi connectivity index (χ0) is 25.7. The number of carbonyl (C=O) groups excluding carboxylic acids is 1. The second kappa shape index (κ2) is 10.9. The molecule has 6 rings (SSSR count). The van der Waals surface area contributed by atoms with Crippen molar-refractivity contribution in [2.45, 2.75) is 19.3 Å². The quantitative estimate of drug-likeness (QED) is 0.202. The molecule has 1 unspecified atom stereocenters. The predicted molar refractivity (Wildman–Crippen MR) is 140 cm³/mol. The highest BCUT2D eigenvalue weighted by Crippen LogP contribution is 2.29. The number of imidazole rings is 1. The highest BCUT2D eigenvalue weighted by Gasteiger charge is 2.26. The summed E-state index contributed by atoms with van der Waals surface area (Å²) in [7, 11) is 0. The lowest BCUT2D eigenvalue weighted by atomic mass is 10.1. The minimum absolute atomic E-state index is 0.231. The van der Waals surface area contributed by atoms with Gasteiger partial charge in [-0.05, 0) is 24.1 Å². The van der Waals surface area contributed by atoms with Crippen LogP contribution in [0.3, 0.4) is 0 Å². The fraction of sp³-hybridized carbons (Fsp3) is 0.233. The van der Waals surface area contributed by atoms with Gasteiger partial charge in [0, 0.05) is 24.8 Å². The second-order valence-corrected chi connectivity index (χ2v) is 9.20. The Kier molecular flexibility index (Phi) is 6.87. The molecule has 0 saturated carbocycles. The summed E-state index contributed by atoms with van der Waals surface area (Å²) >= 11 is 0. The van der Waals surface area contributed by atoms with Crippen molar-refractivity contribution in [1.82, 2.24) is 14.4 Å². The molecule has 0 bridgehead atoms. The normalized spacial score (nSPS) is 15.1. The smallest absolute Gasteiger partial charge is 0.314 e. The Hall–Kier alpha value is -4.43. The van der Waals surface area contributed by atoms with Gasteiger partial charge in [0.1, 0.15) is 11.5 Å². The van der Waals surface area contributed by atoms with Gasteiger partial charge in [0.2, 0.25) is 12.7 Å². The van der Waals surface area contributed by atoms with E-state index in [1.54, 1.807) is 6.26 Å². The molecule has 1 saturated heterocycles. The maximum atomic E-state index is 12.4. The highest BCUT2D eigenvalue weighted by molar-refractivity contribution is 5.72. The van der Waals surface area contributed by atoms with Crippen molar-refractivity contribution in [3.05, 3.63) is 108 Å². The zero-order valence-electron chi connectivity index (χ0n) is 20.8. The van der Waals surface area contributed by atoms with Crippen molar-refractivity contribution in [2.75, 3.05) is 20.0 Å². The van der Waals surface area contributed by atoms with E-state index in [1.807, 2.05) is 71.3 Å². The van der Waals surface area contributed by atoms with Crippen LogP contribution in [0, 0.1) is 5.92 Å². The van der Waals surface area contributed by atoms with Crippen LogP contribution in [0.25, 0.3) is 16.9 Å². The number of rotatable bonds is 9. The molecule has 38 heavy (non-hydrogen) atoms. The molecule has 8 nitrogen and oxygen atoms in total. The summed E-state index contributed by atoms with van der Waals surface area (Å²) in [6.07, 6.45) is 5.22. The van der Waals surface area contributed by atoms with Gasteiger partial charge in [-0.1, -0.05) is 60.7 Å².